The average molecular weight is 214 g/mol. The lowest BCUT2D eigenvalue weighted by Gasteiger charge is -2.20. The number of hydrogen-bond acceptors (Lipinski definition) is 3. The number of ether oxygens (including phenoxy) is 1. The van der Waals surface area contributed by atoms with Gasteiger partial charge < -0.3 is 10.1 Å². The summed E-state index contributed by atoms with van der Waals surface area (Å²) in [7, 11) is 0. The summed E-state index contributed by atoms with van der Waals surface area (Å²) in [4.78, 5) is 4.42. The highest BCUT2D eigenvalue weighted by atomic mass is 16.5. The first-order valence-electron chi connectivity index (χ1n) is 5.69. The van der Waals surface area contributed by atoms with Crippen LogP contribution in [0.15, 0.2) is 4.99 Å². The summed E-state index contributed by atoms with van der Waals surface area (Å²) in [6.45, 7) is 5.58. The predicted octanol–water partition coefficient (Wildman–Crippen LogP) is 0.232. The van der Waals surface area contributed by atoms with Crippen molar-refractivity contribution in [3.63, 3.8) is 0 Å². The number of hydrogen-bond donors (Lipinski definition) is 3. The molecule has 0 amide bonds. The first kappa shape index (κ1) is 12.3. The summed E-state index contributed by atoms with van der Waals surface area (Å²) in [5.41, 5.74) is 2.58. The fraction of sp³-hybridized carbons (Fsp3) is 0.900. The molecule has 1 aliphatic heterocycles. The van der Waals surface area contributed by atoms with Gasteiger partial charge >= 0.3 is 0 Å². The van der Waals surface area contributed by atoms with Crippen LogP contribution in [0.25, 0.3) is 0 Å². The van der Waals surface area contributed by atoms with Crippen molar-refractivity contribution in [1.82, 2.24) is 10.7 Å². The van der Waals surface area contributed by atoms with Crippen LogP contribution < -0.4 is 16.6 Å². The number of guanidine groups is 1. The standard InChI is InChI=1S/C10H22N4O/c1-2-5-12-10(14-11)13-8-9-3-6-15-7-4-9/h9H,2-8,11H2,1H3,(H2,12,13,14). The highest BCUT2D eigenvalue weighted by Crippen LogP contribution is 2.14. The zero-order chi connectivity index (χ0) is 10.9. The zero-order valence-electron chi connectivity index (χ0n) is 9.46. The Bertz CT molecular complexity index is 190. The molecule has 0 aromatic rings. The van der Waals surface area contributed by atoms with Crippen molar-refractivity contribution in [2.45, 2.75) is 26.2 Å². The predicted molar refractivity (Wildman–Crippen MR) is 61.5 cm³/mol. The van der Waals surface area contributed by atoms with E-state index in [1.807, 2.05) is 0 Å². The van der Waals surface area contributed by atoms with Crippen LogP contribution in [-0.4, -0.2) is 32.3 Å². The molecule has 0 aromatic carbocycles. The van der Waals surface area contributed by atoms with Crippen LogP contribution in [-0.2, 0) is 4.74 Å². The maximum Gasteiger partial charge on any atom is 0.205 e. The second kappa shape index (κ2) is 7.48. The first-order valence-corrected chi connectivity index (χ1v) is 5.69. The van der Waals surface area contributed by atoms with Gasteiger partial charge in [0.15, 0.2) is 0 Å². The lowest BCUT2D eigenvalue weighted by Crippen LogP contribution is -2.42. The minimum absolute atomic E-state index is 0.644. The van der Waals surface area contributed by atoms with Crippen molar-refractivity contribution >= 4 is 5.96 Å². The van der Waals surface area contributed by atoms with Crippen molar-refractivity contribution in [3.05, 3.63) is 0 Å². The van der Waals surface area contributed by atoms with Crippen LogP contribution in [0, 0.1) is 5.92 Å². The van der Waals surface area contributed by atoms with E-state index < -0.39 is 0 Å². The SMILES string of the molecule is CCCNC(=NCC1CCOCC1)NN. The molecule has 1 fully saturated rings. The van der Waals surface area contributed by atoms with Crippen molar-refractivity contribution in [1.29, 1.82) is 0 Å². The zero-order valence-corrected chi connectivity index (χ0v) is 9.46. The molecule has 0 aliphatic carbocycles. The van der Waals surface area contributed by atoms with Gasteiger partial charge in [-0.2, -0.15) is 0 Å². The van der Waals surface area contributed by atoms with E-state index in [1.54, 1.807) is 0 Å². The molecule has 1 rings (SSSR count). The highest BCUT2D eigenvalue weighted by molar-refractivity contribution is 5.79. The molecule has 15 heavy (non-hydrogen) atoms. The van der Waals surface area contributed by atoms with Crippen LogP contribution in [0.2, 0.25) is 0 Å². The molecule has 5 nitrogen and oxygen atoms in total. The number of nitrogens with one attached hydrogen (secondary N) is 2. The van der Waals surface area contributed by atoms with Gasteiger partial charge in [0.2, 0.25) is 5.96 Å². The molecule has 0 saturated carbocycles. The molecule has 1 saturated heterocycles. The van der Waals surface area contributed by atoms with E-state index in [-0.39, 0.29) is 0 Å². The lowest BCUT2D eigenvalue weighted by molar-refractivity contribution is 0.0689. The van der Waals surface area contributed by atoms with Gasteiger partial charge in [0.05, 0.1) is 0 Å². The minimum atomic E-state index is 0.644. The van der Waals surface area contributed by atoms with Crippen LogP contribution in [0.3, 0.4) is 0 Å². The van der Waals surface area contributed by atoms with E-state index in [4.69, 9.17) is 10.6 Å². The highest BCUT2D eigenvalue weighted by Gasteiger charge is 2.12. The summed E-state index contributed by atoms with van der Waals surface area (Å²) in [6.07, 6.45) is 3.28. The van der Waals surface area contributed by atoms with Crippen LogP contribution in [0.5, 0.6) is 0 Å². The Hall–Kier alpha value is -0.810. The van der Waals surface area contributed by atoms with E-state index >= 15 is 0 Å². The van der Waals surface area contributed by atoms with Gasteiger partial charge in [-0.05, 0) is 25.2 Å². The van der Waals surface area contributed by atoms with Gasteiger partial charge in [-0.3, -0.25) is 10.4 Å². The summed E-state index contributed by atoms with van der Waals surface area (Å²) in [6, 6.07) is 0. The molecule has 88 valence electrons. The Kier molecular flexibility index (Phi) is 6.11. The summed E-state index contributed by atoms with van der Waals surface area (Å²) < 4.78 is 5.29. The third-order valence-corrected chi connectivity index (χ3v) is 2.53. The van der Waals surface area contributed by atoms with Gasteiger partial charge in [0.1, 0.15) is 0 Å². The van der Waals surface area contributed by atoms with Crippen LogP contribution in [0.4, 0.5) is 0 Å². The molecule has 5 heteroatoms. The van der Waals surface area contributed by atoms with Gasteiger partial charge in [-0.25, -0.2) is 5.84 Å². The fourth-order valence-corrected chi connectivity index (χ4v) is 1.55. The van der Waals surface area contributed by atoms with E-state index in [1.165, 1.54) is 0 Å². The molecular formula is C10H22N4O. The number of nitrogens with two attached hydrogens (primary N) is 1. The molecule has 0 unspecified atom stereocenters. The largest absolute Gasteiger partial charge is 0.381 e. The molecule has 0 spiro atoms. The second-order valence-corrected chi connectivity index (χ2v) is 3.82. The molecule has 0 atom stereocenters. The van der Waals surface area contributed by atoms with E-state index in [2.05, 4.69) is 22.7 Å². The lowest BCUT2D eigenvalue weighted by atomic mass is 10.0. The Labute approximate surface area is 91.4 Å². The fourth-order valence-electron chi connectivity index (χ4n) is 1.55. The maximum atomic E-state index is 5.36. The van der Waals surface area contributed by atoms with E-state index in [9.17, 15) is 0 Å². The number of aliphatic imine (C=N–C) groups is 1. The average Bonchev–Trinajstić information content (AvgIpc) is 2.31. The topological polar surface area (TPSA) is 71.7 Å². The molecule has 0 bridgehead atoms. The van der Waals surface area contributed by atoms with E-state index in [0.29, 0.717) is 11.9 Å². The molecule has 4 N–H and O–H groups in total. The first-order chi connectivity index (χ1) is 7.36. The number of rotatable bonds is 4. The third-order valence-electron chi connectivity index (χ3n) is 2.53. The van der Waals surface area contributed by atoms with E-state index in [0.717, 1.165) is 45.6 Å². The summed E-state index contributed by atoms with van der Waals surface area (Å²) in [5, 5.41) is 3.14. The Morgan fingerprint density at radius 2 is 2.20 bits per heavy atom. The minimum Gasteiger partial charge on any atom is -0.381 e. The van der Waals surface area contributed by atoms with Crippen LogP contribution >= 0.6 is 0 Å². The van der Waals surface area contributed by atoms with Crippen molar-refractivity contribution in [2.75, 3.05) is 26.3 Å². The van der Waals surface area contributed by atoms with Crippen LogP contribution in [0.1, 0.15) is 26.2 Å². The molecule has 1 heterocycles. The second-order valence-electron chi connectivity index (χ2n) is 3.82. The number of nitrogens with zero attached hydrogens (tertiary/aromatic N) is 1. The Morgan fingerprint density at radius 1 is 1.47 bits per heavy atom. The molecule has 1 aliphatic rings. The molecule has 0 radical (unpaired) electrons. The van der Waals surface area contributed by atoms with Gasteiger partial charge in [-0.1, -0.05) is 6.92 Å². The van der Waals surface area contributed by atoms with Gasteiger partial charge in [-0.15, -0.1) is 0 Å². The normalized spacial score (nSPS) is 18.9. The van der Waals surface area contributed by atoms with Crippen molar-refractivity contribution in [3.8, 4) is 0 Å². The van der Waals surface area contributed by atoms with Gasteiger partial charge in [0.25, 0.3) is 0 Å². The smallest absolute Gasteiger partial charge is 0.205 e. The maximum absolute atomic E-state index is 5.36. The molecule has 0 aromatic heterocycles. The molecular weight excluding hydrogens is 192 g/mol. The summed E-state index contributed by atoms with van der Waals surface area (Å²) in [5.74, 6) is 6.70. The Balaban J connectivity index is 2.25. The quantitative estimate of drug-likeness (QED) is 0.271. The Morgan fingerprint density at radius 3 is 2.80 bits per heavy atom. The summed E-state index contributed by atoms with van der Waals surface area (Å²) >= 11 is 0. The van der Waals surface area contributed by atoms with Crippen molar-refractivity contribution in [2.24, 2.45) is 16.8 Å². The third kappa shape index (κ3) is 4.99. The monoisotopic (exact) mass is 214 g/mol. The van der Waals surface area contributed by atoms with Gasteiger partial charge in [0, 0.05) is 26.3 Å². The van der Waals surface area contributed by atoms with Crippen molar-refractivity contribution < 1.29 is 4.74 Å². The number of hydrazine groups is 1.